The number of thiazole rings is 1. The Morgan fingerprint density at radius 3 is 2.79 bits per heavy atom. The van der Waals surface area contributed by atoms with Gasteiger partial charge in [0, 0.05) is 23.3 Å². The number of benzene rings is 1. The molecule has 2 N–H and O–H groups in total. The summed E-state index contributed by atoms with van der Waals surface area (Å²) < 4.78 is 0. The Balaban J connectivity index is 2.07. The quantitative estimate of drug-likeness (QED) is 0.880. The van der Waals surface area contributed by atoms with E-state index >= 15 is 0 Å². The Morgan fingerprint density at radius 1 is 1.32 bits per heavy atom. The van der Waals surface area contributed by atoms with Gasteiger partial charge >= 0.3 is 0 Å². The lowest BCUT2D eigenvalue weighted by Gasteiger charge is -2.17. The third kappa shape index (κ3) is 2.24. The molecule has 1 aliphatic rings. The topological polar surface area (TPSA) is 54.0 Å². The molecule has 0 spiro atoms. The summed E-state index contributed by atoms with van der Waals surface area (Å²) in [6, 6.07) is 7.68. The van der Waals surface area contributed by atoms with Crippen molar-refractivity contribution in [3.8, 4) is 0 Å². The van der Waals surface area contributed by atoms with E-state index < -0.39 is 0 Å². The largest absolute Gasteiger partial charge is 0.370 e. The number of rotatable bonds is 2. The molecule has 5 heteroatoms. The number of hydrogen-bond donors (Lipinski definition) is 2. The normalized spacial score (nSPS) is 17.5. The Morgan fingerprint density at radius 2 is 2.11 bits per heavy atom. The summed E-state index contributed by atoms with van der Waals surface area (Å²) in [6.07, 6.45) is 3.52. The van der Waals surface area contributed by atoms with Crippen LogP contribution < -0.4 is 10.6 Å². The highest BCUT2D eigenvalue weighted by molar-refractivity contribution is 7.09. The predicted octanol–water partition coefficient (Wildman–Crippen LogP) is 3.19. The number of fused-ring (bicyclic) bond motifs is 1. The number of carbonyl (C=O) groups is 1. The van der Waals surface area contributed by atoms with Gasteiger partial charge in [0.1, 0.15) is 11.0 Å². The molecule has 2 aromatic rings. The molecule has 1 aromatic heterocycles. The SMILES string of the molecule is CC(=O)C1=CNc2ccccc2NC1c1nccs1. The molecule has 0 radical (unpaired) electrons. The van der Waals surface area contributed by atoms with Crippen molar-refractivity contribution in [2.45, 2.75) is 13.0 Å². The number of anilines is 2. The summed E-state index contributed by atoms with van der Waals surface area (Å²) in [4.78, 5) is 16.2. The molecule has 0 saturated heterocycles. The predicted molar refractivity (Wildman–Crippen MR) is 77.3 cm³/mol. The minimum absolute atomic E-state index is 0.0352. The van der Waals surface area contributed by atoms with Gasteiger partial charge in [-0.3, -0.25) is 4.79 Å². The van der Waals surface area contributed by atoms with Crippen molar-refractivity contribution in [2.24, 2.45) is 0 Å². The molecule has 19 heavy (non-hydrogen) atoms. The second-order valence-corrected chi connectivity index (χ2v) is 5.22. The van der Waals surface area contributed by atoms with Gasteiger partial charge in [-0.05, 0) is 19.1 Å². The Hall–Kier alpha value is -2.14. The minimum atomic E-state index is -0.200. The highest BCUT2D eigenvalue weighted by atomic mass is 32.1. The van der Waals surface area contributed by atoms with E-state index in [1.165, 1.54) is 0 Å². The van der Waals surface area contributed by atoms with Crippen molar-refractivity contribution in [2.75, 3.05) is 10.6 Å². The number of aromatic nitrogens is 1. The molecule has 4 nitrogen and oxygen atoms in total. The number of hydrogen-bond acceptors (Lipinski definition) is 5. The zero-order valence-electron chi connectivity index (χ0n) is 10.4. The van der Waals surface area contributed by atoms with Crippen LogP contribution in [-0.4, -0.2) is 10.8 Å². The number of nitrogens with zero attached hydrogens (tertiary/aromatic N) is 1. The second kappa shape index (κ2) is 4.85. The summed E-state index contributed by atoms with van der Waals surface area (Å²) in [6.45, 7) is 1.58. The van der Waals surface area contributed by atoms with Crippen LogP contribution in [0.2, 0.25) is 0 Å². The van der Waals surface area contributed by atoms with Crippen molar-refractivity contribution < 1.29 is 4.79 Å². The Kier molecular flexibility index (Phi) is 3.05. The highest BCUT2D eigenvalue weighted by Gasteiger charge is 2.25. The average Bonchev–Trinajstić information content (AvgIpc) is 2.85. The summed E-state index contributed by atoms with van der Waals surface area (Å²) in [5.74, 6) is 0.0352. The summed E-state index contributed by atoms with van der Waals surface area (Å²) in [5.41, 5.74) is 2.61. The van der Waals surface area contributed by atoms with Gasteiger partial charge in [-0.25, -0.2) is 4.98 Å². The van der Waals surface area contributed by atoms with Gasteiger partial charge in [0.15, 0.2) is 5.78 Å². The van der Waals surface area contributed by atoms with Crippen LogP contribution in [0.5, 0.6) is 0 Å². The van der Waals surface area contributed by atoms with Crippen LogP contribution in [0.1, 0.15) is 18.0 Å². The lowest BCUT2D eigenvalue weighted by molar-refractivity contribution is -0.113. The van der Waals surface area contributed by atoms with Gasteiger partial charge in [-0.15, -0.1) is 11.3 Å². The van der Waals surface area contributed by atoms with E-state index in [0.717, 1.165) is 16.4 Å². The van der Waals surface area contributed by atoms with E-state index in [4.69, 9.17) is 0 Å². The maximum Gasteiger partial charge on any atom is 0.159 e. The molecule has 3 rings (SSSR count). The maximum absolute atomic E-state index is 11.8. The van der Waals surface area contributed by atoms with E-state index in [1.54, 1.807) is 30.7 Å². The van der Waals surface area contributed by atoms with E-state index in [0.29, 0.717) is 5.57 Å². The van der Waals surface area contributed by atoms with Crippen molar-refractivity contribution in [3.63, 3.8) is 0 Å². The van der Waals surface area contributed by atoms with Crippen LogP contribution in [0.3, 0.4) is 0 Å². The van der Waals surface area contributed by atoms with Crippen LogP contribution >= 0.6 is 11.3 Å². The van der Waals surface area contributed by atoms with Gasteiger partial charge in [-0.1, -0.05) is 12.1 Å². The molecule has 0 aliphatic carbocycles. The summed E-state index contributed by atoms with van der Waals surface area (Å²) in [7, 11) is 0. The molecule has 1 aromatic carbocycles. The van der Waals surface area contributed by atoms with Crippen molar-refractivity contribution in [1.29, 1.82) is 0 Å². The monoisotopic (exact) mass is 271 g/mol. The molecular weight excluding hydrogens is 258 g/mol. The van der Waals surface area contributed by atoms with Crippen LogP contribution in [0.4, 0.5) is 11.4 Å². The fourth-order valence-electron chi connectivity index (χ4n) is 2.08. The fourth-order valence-corrected chi connectivity index (χ4v) is 2.79. The zero-order chi connectivity index (χ0) is 13.2. The second-order valence-electron chi connectivity index (χ2n) is 4.29. The molecule has 96 valence electrons. The molecule has 0 bridgehead atoms. The first-order chi connectivity index (χ1) is 9.25. The van der Waals surface area contributed by atoms with Crippen LogP contribution in [-0.2, 0) is 4.79 Å². The Labute approximate surface area is 115 Å². The number of Topliss-reactive ketones (excluding diaryl/α,β-unsaturated/α-hetero) is 1. The Bertz CT molecular complexity index is 634. The van der Waals surface area contributed by atoms with Gasteiger partial charge < -0.3 is 10.6 Å². The van der Waals surface area contributed by atoms with E-state index in [1.807, 2.05) is 29.6 Å². The minimum Gasteiger partial charge on any atom is -0.370 e. The van der Waals surface area contributed by atoms with Gasteiger partial charge in [0.25, 0.3) is 0 Å². The van der Waals surface area contributed by atoms with Crippen molar-refractivity contribution >= 4 is 28.5 Å². The first-order valence-electron chi connectivity index (χ1n) is 5.98. The number of ketones is 1. The molecule has 0 amide bonds. The molecule has 1 atom stereocenters. The van der Waals surface area contributed by atoms with Crippen LogP contribution in [0.25, 0.3) is 0 Å². The smallest absolute Gasteiger partial charge is 0.159 e. The third-order valence-corrected chi connectivity index (χ3v) is 3.87. The first kappa shape index (κ1) is 11.9. The molecule has 0 fully saturated rings. The lowest BCUT2D eigenvalue weighted by Crippen LogP contribution is -2.16. The van der Waals surface area contributed by atoms with Gasteiger partial charge in [0.2, 0.25) is 0 Å². The van der Waals surface area contributed by atoms with Crippen molar-refractivity contribution in [3.05, 3.63) is 52.6 Å². The zero-order valence-corrected chi connectivity index (χ0v) is 11.2. The van der Waals surface area contributed by atoms with E-state index in [9.17, 15) is 4.79 Å². The summed E-state index contributed by atoms with van der Waals surface area (Å²) >= 11 is 1.54. The van der Waals surface area contributed by atoms with Crippen LogP contribution in [0.15, 0.2) is 47.6 Å². The van der Waals surface area contributed by atoms with Crippen molar-refractivity contribution in [1.82, 2.24) is 4.98 Å². The van der Waals surface area contributed by atoms with E-state index in [2.05, 4.69) is 15.6 Å². The number of carbonyl (C=O) groups excluding carboxylic acids is 1. The highest BCUT2D eigenvalue weighted by Crippen LogP contribution is 2.34. The van der Waals surface area contributed by atoms with Crippen LogP contribution in [0, 0.1) is 0 Å². The molecule has 1 unspecified atom stereocenters. The third-order valence-electron chi connectivity index (χ3n) is 3.03. The fraction of sp³-hybridized carbons (Fsp3) is 0.143. The molecule has 1 aliphatic heterocycles. The van der Waals surface area contributed by atoms with Gasteiger partial charge in [-0.2, -0.15) is 0 Å². The number of para-hydroxylation sites is 2. The molecule has 2 heterocycles. The van der Waals surface area contributed by atoms with Gasteiger partial charge in [0.05, 0.1) is 11.4 Å². The molecular formula is C14H13N3OS. The van der Waals surface area contributed by atoms with E-state index in [-0.39, 0.29) is 11.8 Å². The number of nitrogens with one attached hydrogen (secondary N) is 2. The summed E-state index contributed by atoms with van der Waals surface area (Å²) in [5, 5.41) is 9.37. The lowest BCUT2D eigenvalue weighted by atomic mass is 10.1. The standard InChI is InChI=1S/C14H13N3OS/c1-9(18)10-8-16-11-4-2-3-5-12(11)17-13(10)14-15-6-7-19-14/h2-8,13,16-17H,1H3. The first-order valence-corrected chi connectivity index (χ1v) is 6.86. The maximum atomic E-state index is 11.8. The molecule has 0 saturated carbocycles. The average molecular weight is 271 g/mol.